The van der Waals surface area contributed by atoms with Gasteiger partial charge in [-0.05, 0) is 19.8 Å². The predicted octanol–water partition coefficient (Wildman–Crippen LogP) is 4.48. The Morgan fingerprint density at radius 2 is 1.70 bits per heavy atom. The molecule has 0 aliphatic carbocycles. The Labute approximate surface area is 121 Å². The highest BCUT2D eigenvalue weighted by atomic mass is 15.0. The van der Waals surface area contributed by atoms with Crippen molar-refractivity contribution in [3.8, 4) is 11.3 Å². The molecule has 1 aromatic carbocycles. The molecule has 0 aliphatic rings. The van der Waals surface area contributed by atoms with Crippen molar-refractivity contribution in [1.82, 2.24) is 9.97 Å². The highest BCUT2D eigenvalue weighted by Crippen LogP contribution is 2.25. The molecule has 2 rings (SSSR count). The van der Waals surface area contributed by atoms with Crippen LogP contribution in [0.5, 0.6) is 0 Å². The first-order chi connectivity index (χ1) is 9.78. The lowest BCUT2D eigenvalue weighted by molar-refractivity contribution is 0.603. The van der Waals surface area contributed by atoms with Gasteiger partial charge in [0.25, 0.3) is 0 Å². The molecule has 0 aliphatic heterocycles. The number of nitrogens with zero attached hydrogens (tertiary/aromatic N) is 2. The maximum absolute atomic E-state index is 4.78. The Hall–Kier alpha value is -1.90. The Morgan fingerprint density at radius 1 is 1.00 bits per heavy atom. The highest BCUT2D eigenvalue weighted by Gasteiger charge is 2.13. The molecule has 3 nitrogen and oxygen atoms in total. The van der Waals surface area contributed by atoms with Gasteiger partial charge in [0.1, 0.15) is 11.6 Å². The van der Waals surface area contributed by atoms with Crippen LogP contribution in [-0.4, -0.2) is 16.5 Å². The van der Waals surface area contributed by atoms with Gasteiger partial charge in [0, 0.05) is 24.1 Å². The Bertz CT molecular complexity index is 533. The van der Waals surface area contributed by atoms with Gasteiger partial charge in [-0.25, -0.2) is 9.97 Å². The number of benzene rings is 1. The fourth-order valence-corrected chi connectivity index (χ4v) is 2.33. The first-order valence-corrected chi connectivity index (χ1v) is 7.46. The zero-order chi connectivity index (χ0) is 14.4. The van der Waals surface area contributed by atoms with Crippen molar-refractivity contribution in [3.63, 3.8) is 0 Å². The van der Waals surface area contributed by atoms with Crippen molar-refractivity contribution in [2.75, 3.05) is 11.9 Å². The van der Waals surface area contributed by atoms with Crippen molar-refractivity contribution < 1.29 is 0 Å². The second kappa shape index (κ2) is 7.04. The van der Waals surface area contributed by atoms with E-state index in [9.17, 15) is 0 Å². The van der Waals surface area contributed by atoms with Gasteiger partial charge in [-0.15, -0.1) is 0 Å². The fourth-order valence-electron chi connectivity index (χ4n) is 2.33. The summed E-state index contributed by atoms with van der Waals surface area (Å²) in [7, 11) is 0. The zero-order valence-electron chi connectivity index (χ0n) is 12.6. The average molecular weight is 269 g/mol. The summed E-state index contributed by atoms with van der Waals surface area (Å²) in [6, 6.07) is 12.3. The van der Waals surface area contributed by atoms with Crippen LogP contribution in [0.15, 0.2) is 36.4 Å². The standard InChI is InChI=1S/C17H23N3/c1-4-13(5-2)17-19-15(12-16(20-17)18-6-3)14-10-8-7-9-11-14/h7-13H,4-6H2,1-3H3,(H,18,19,20). The van der Waals surface area contributed by atoms with Crippen LogP contribution in [0.3, 0.4) is 0 Å². The monoisotopic (exact) mass is 269 g/mol. The summed E-state index contributed by atoms with van der Waals surface area (Å²) < 4.78 is 0. The van der Waals surface area contributed by atoms with E-state index in [2.05, 4.69) is 43.2 Å². The highest BCUT2D eigenvalue weighted by molar-refractivity contribution is 5.62. The molecule has 3 heteroatoms. The summed E-state index contributed by atoms with van der Waals surface area (Å²) in [5.74, 6) is 2.30. The molecular weight excluding hydrogens is 246 g/mol. The maximum atomic E-state index is 4.78. The van der Waals surface area contributed by atoms with Crippen molar-refractivity contribution in [2.45, 2.75) is 39.5 Å². The summed E-state index contributed by atoms with van der Waals surface area (Å²) in [6.45, 7) is 7.34. The molecule has 106 valence electrons. The van der Waals surface area contributed by atoms with E-state index in [1.807, 2.05) is 24.3 Å². The molecule has 0 spiro atoms. The van der Waals surface area contributed by atoms with E-state index in [4.69, 9.17) is 4.98 Å². The summed E-state index contributed by atoms with van der Waals surface area (Å²) in [6.07, 6.45) is 2.14. The molecule has 0 atom stereocenters. The first kappa shape index (κ1) is 14.5. The summed E-state index contributed by atoms with van der Waals surface area (Å²) in [5.41, 5.74) is 2.14. The van der Waals surface area contributed by atoms with Crippen molar-refractivity contribution in [2.24, 2.45) is 0 Å². The topological polar surface area (TPSA) is 37.8 Å². The van der Waals surface area contributed by atoms with Gasteiger partial charge < -0.3 is 5.32 Å². The molecule has 2 aromatic rings. The molecule has 0 fully saturated rings. The van der Waals surface area contributed by atoms with E-state index in [0.717, 1.165) is 42.3 Å². The second-order valence-corrected chi connectivity index (χ2v) is 4.91. The minimum Gasteiger partial charge on any atom is -0.370 e. The van der Waals surface area contributed by atoms with Crippen LogP contribution in [0.2, 0.25) is 0 Å². The van der Waals surface area contributed by atoms with Crippen LogP contribution < -0.4 is 5.32 Å². The molecule has 1 heterocycles. The van der Waals surface area contributed by atoms with Crippen molar-refractivity contribution in [3.05, 3.63) is 42.2 Å². The van der Waals surface area contributed by atoms with Gasteiger partial charge in [0.2, 0.25) is 0 Å². The molecule has 0 radical (unpaired) electrons. The van der Waals surface area contributed by atoms with Crippen molar-refractivity contribution >= 4 is 5.82 Å². The van der Waals surface area contributed by atoms with E-state index in [0.29, 0.717) is 5.92 Å². The largest absolute Gasteiger partial charge is 0.370 e. The van der Waals surface area contributed by atoms with Crippen LogP contribution in [0.25, 0.3) is 11.3 Å². The Balaban J connectivity index is 2.46. The maximum Gasteiger partial charge on any atom is 0.134 e. The quantitative estimate of drug-likeness (QED) is 0.840. The smallest absolute Gasteiger partial charge is 0.134 e. The number of hydrogen-bond acceptors (Lipinski definition) is 3. The van der Waals surface area contributed by atoms with E-state index < -0.39 is 0 Å². The fraction of sp³-hybridized carbons (Fsp3) is 0.412. The number of anilines is 1. The number of aromatic nitrogens is 2. The lowest BCUT2D eigenvalue weighted by Gasteiger charge is -2.14. The summed E-state index contributed by atoms with van der Waals surface area (Å²) in [5, 5.41) is 3.31. The second-order valence-electron chi connectivity index (χ2n) is 4.91. The third-order valence-corrected chi connectivity index (χ3v) is 3.52. The number of rotatable bonds is 6. The van der Waals surface area contributed by atoms with Crippen LogP contribution in [0.1, 0.15) is 45.4 Å². The molecular formula is C17H23N3. The molecule has 0 bridgehead atoms. The minimum atomic E-state index is 0.427. The van der Waals surface area contributed by atoms with Crippen LogP contribution in [0, 0.1) is 0 Å². The van der Waals surface area contributed by atoms with Gasteiger partial charge in [0.15, 0.2) is 0 Å². The third kappa shape index (κ3) is 3.35. The van der Waals surface area contributed by atoms with E-state index in [1.165, 1.54) is 0 Å². The van der Waals surface area contributed by atoms with E-state index >= 15 is 0 Å². The SMILES string of the molecule is CCNc1cc(-c2ccccc2)nc(C(CC)CC)n1. The van der Waals surface area contributed by atoms with Gasteiger partial charge in [0.05, 0.1) is 5.69 Å². The van der Waals surface area contributed by atoms with E-state index in [-0.39, 0.29) is 0 Å². The normalized spacial score (nSPS) is 10.8. The molecule has 0 saturated heterocycles. The summed E-state index contributed by atoms with van der Waals surface area (Å²) in [4.78, 5) is 9.45. The van der Waals surface area contributed by atoms with Crippen LogP contribution in [0.4, 0.5) is 5.82 Å². The third-order valence-electron chi connectivity index (χ3n) is 3.52. The molecule has 20 heavy (non-hydrogen) atoms. The van der Waals surface area contributed by atoms with Crippen LogP contribution >= 0.6 is 0 Å². The Morgan fingerprint density at radius 3 is 2.30 bits per heavy atom. The van der Waals surface area contributed by atoms with E-state index in [1.54, 1.807) is 0 Å². The number of nitrogens with one attached hydrogen (secondary N) is 1. The van der Waals surface area contributed by atoms with Gasteiger partial charge >= 0.3 is 0 Å². The molecule has 0 amide bonds. The van der Waals surface area contributed by atoms with Crippen LogP contribution in [-0.2, 0) is 0 Å². The average Bonchev–Trinajstić information content (AvgIpc) is 2.50. The lowest BCUT2D eigenvalue weighted by Crippen LogP contribution is -2.08. The summed E-state index contributed by atoms with van der Waals surface area (Å²) >= 11 is 0. The van der Waals surface area contributed by atoms with Crippen molar-refractivity contribution in [1.29, 1.82) is 0 Å². The number of hydrogen-bond donors (Lipinski definition) is 1. The van der Waals surface area contributed by atoms with Gasteiger partial charge in [-0.1, -0.05) is 44.2 Å². The molecule has 0 unspecified atom stereocenters. The lowest BCUT2D eigenvalue weighted by atomic mass is 10.0. The van der Waals surface area contributed by atoms with Gasteiger partial charge in [-0.3, -0.25) is 0 Å². The molecule has 0 saturated carbocycles. The molecule has 1 aromatic heterocycles. The Kier molecular flexibility index (Phi) is 5.10. The van der Waals surface area contributed by atoms with Gasteiger partial charge in [-0.2, -0.15) is 0 Å². The molecule has 1 N–H and O–H groups in total. The minimum absolute atomic E-state index is 0.427. The predicted molar refractivity (Wildman–Crippen MR) is 85.0 cm³/mol. The first-order valence-electron chi connectivity index (χ1n) is 7.46. The zero-order valence-corrected chi connectivity index (χ0v) is 12.6.